The fourth-order valence-electron chi connectivity index (χ4n) is 3.60. The van der Waals surface area contributed by atoms with Gasteiger partial charge in [-0.1, -0.05) is 43.7 Å². The molecule has 1 aliphatic rings. The number of benzene rings is 2. The molecule has 0 amide bonds. The van der Waals surface area contributed by atoms with E-state index in [0.717, 1.165) is 17.9 Å². The summed E-state index contributed by atoms with van der Waals surface area (Å²) < 4.78 is 5.91. The molecule has 0 aromatic heterocycles. The number of para-hydroxylation sites is 1. The second-order valence-electron chi connectivity index (χ2n) is 7.11. The summed E-state index contributed by atoms with van der Waals surface area (Å²) in [5.41, 5.74) is 1.35. The summed E-state index contributed by atoms with van der Waals surface area (Å²) in [6, 6.07) is 20.1. The first-order chi connectivity index (χ1) is 12.2. The lowest BCUT2D eigenvalue weighted by Gasteiger charge is -2.27. The number of ether oxygens (including phenoxy) is 1. The molecule has 0 bridgehead atoms. The van der Waals surface area contributed by atoms with Gasteiger partial charge in [-0.25, -0.2) is 0 Å². The highest BCUT2D eigenvalue weighted by atomic mass is 16.5. The van der Waals surface area contributed by atoms with Gasteiger partial charge in [-0.15, -0.1) is 0 Å². The number of likely N-dealkylation sites (tertiary alicyclic amines) is 1. The molecule has 3 heteroatoms. The standard InChI is InChI=1S/C22H30N2O/c1-4-8-22(23-21-15-16-24(3)17(21)2)18-11-13-20(14-12-18)25-19-9-6-5-7-10-19/h5-7,9-14,17,21-23H,4,8,15-16H2,1-3H3. The van der Waals surface area contributed by atoms with E-state index in [1.165, 1.54) is 24.9 Å². The number of nitrogens with one attached hydrogen (secondary N) is 1. The average Bonchev–Trinajstić information content (AvgIpc) is 2.95. The molecule has 1 saturated heterocycles. The van der Waals surface area contributed by atoms with Gasteiger partial charge >= 0.3 is 0 Å². The maximum atomic E-state index is 5.91. The minimum Gasteiger partial charge on any atom is -0.457 e. The molecule has 134 valence electrons. The van der Waals surface area contributed by atoms with Crippen molar-refractivity contribution in [2.24, 2.45) is 0 Å². The summed E-state index contributed by atoms with van der Waals surface area (Å²) in [4.78, 5) is 2.44. The molecule has 2 aromatic carbocycles. The van der Waals surface area contributed by atoms with E-state index in [1.807, 2.05) is 30.3 Å². The van der Waals surface area contributed by atoms with E-state index in [9.17, 15) is 0 Å². The summed E-state index contributed by atoms with van der Waals surface area (Å²) in [7, 11) is 2.22. The van der Waals surface area contributed by atoms with Gasteiger partial charge in [0.2, 0.25) is 0 Å². The second kappa shape index (κ2) is 8.50. The van der Waals surface area contributed by atoms with Gasteiger partial charge in [0.15, 0.2) is 0 Å². The lowest BCUT2D eigenvalue weighted by atomic mass is 9.99. The van der Waals surface area contributed by atoms with Crippen LogP contribution in [0.5, 0.6) is 11.5 Å². The van der Waals surface area contributed by atoms with E-state index in [4.69, 9.17) is 4.74 Å². The topological polar surface area (TPSA) is 24.5 Å². The van der Waals surface area contributed by atoms with Crippen molar-refractivity contribution < 1.29 is 4.74 Å². The highest BCUT2D eigenvalue weighted by Crippen LogP contribution is 2.27. The highest BCUT2D eigenvalue weighted by Gasteiger charge is 2.29. The van der Waals surface area contributed by atoms with E-state index >= 15 is 0 Å². The van der Waals surface area contributed by atoms with Crippen molar-refractivity contribution in [1.29, 1.82) is 0 Å². The minimum atomic E-state index is 0.412. The van der Waals surface area contributed by atoms with Gasteiger partial charge in [-0.3, -0.25) is 0 Å². The molecule has 3 rings (SSSR count). The van der Waals surface area contributed by atoms with Crippen molar-refractivity contribution in [3.05, 3.63) is 60.2 Å². The molecule has 1 aliphatic heterocycles. The zero-order chi connectivity index (χ0) is 17.6. The first kappa shape index (κ1) is 18.0. The van der Waals surface area contributed by atoms with E-state index < -0.39 is 0 Å². The van der Waals surface area contributed by atoms with Crippen LogP contribution >= 0.6 is 0 Å². The fourth-order valence-corrected chi connectivity index (χ4v) is 3.60. The van der Waals surface area contributed by atoms with Crippen LogP contribution in [-0.4, -0.2) is 30.6 Å². The molecule has 0 spiro atoms. The van der Waals surface area contributed by atoms with Crippen LogP contribution in [0.25, 0.3) is 0 Å². The molecule has 2 aromatic rings. The summed E-state index contributed by atoms with van der Waals surface area (Å²) in [5, 5.41) is 3.90. The number of nitrogens with zero attached hydrogens (tertiary/aromatic N) is 1. The summed E-state index contributed by atoms with van der Waals surface area (Å²) >= 11 is 0. The predicted molar refractivity (Wildman–Crippen MR) is 104 cm³/mol. The fraction of sp³-hybridized carbons (Fsp3) is 0.455. The number of likely N-dealkylation sites (N-methyl/N-ethyl adjacent to an activating group) is 1. The van der Waals surface area contributed by atoms with Gasteiger partial charge in [0.1, 0.15) is 11.5 Å². The van der Waals surface area contributed by atoms with Crippen LogP contribution in [0.3, 0.4) is 0 Å². The molecule has 0 saturated carbocycles. The highest BCUT2D eigenvalue weighted by molar-refractivity contribution is 5.34. The molecule has 0 aliphatic carbocycles. The Kier molecular flexibility index (Phi) is 6.11. The summed E-state index contributed by atoms with van der Waals surface area (Å²) in [6.45, 7) is 5.76. The Morgan fingerprint density at radius 1 is 1.08 bits per heavy atom. The Labute approximate surface area is 152 Å². The second-order valence-corrected chi connectivity index (χ2v) is 7.11. The van der Waals surface area contributed by atoms with Crippen molar-refractivity contribution in [1.82, 2.24) is 10.2 Å². The van der Waals surface area contributed by atoms with Crippen LogP contribution < -0.4 is 10.1 Å². The first-order valence-corrected chi connectivity index (χ1v) is 9.46. The van der Waals surface area contributed by atoms with Gasteiger partial charge in [0, 0.05) is 18.1 Å². The third kappa shape index (κ3) is 4.62. The van der Waals surface area contributed by atoms with Crippen LogP contribution in [0.4, 0.5) is 0 Å². The Bertz CT molecular complexity index is 641. The quantitative estimate of drug-likeness (QED) is 0.768. The zero-order valence-corrected chi connectivity index (χ0v) is 15.6. The molecule has 1 fully saturated rings. The smallest absolute Gasteiger partial charge is 0.127 e. The molecular formula is C22H30N2O. The van der Waals surface area contributed by atoms with Crippen molar-refractivity contribution in [2.45, 2.75) is 51.2 Å². The monoisotopic (exact) mass is 338 g/mol. The Hall–Kier alpha value is -1.84. The maximum absolute atomic E-state index is 5.91. The van der Waals surface area contributed by atoms with Gasteiger partial charge in [-0.05, 0) is 63.2 Å². The molecule has 0 radical (unpaired) electrons. The lowest BCUT2D eigenvalue weighted by molar-refractivity contribution is 0.286. The lowest BCUT2D eigenvalue weighted by Crippen LogP contribution is -2.41. The largest absolute Gasteiger partial charge is 0.457 e. The van der Waals surface area contributed by atoms with Gasteiger partial charge in [0.25, 0.3) is 0 Å². The number of rotatable bonds is 7. The van der Waals surface area contributed by atoms with Gasteiger partial charge < -0.3 is 15.0 Å². The minimum absolute atomic E-state index is 0.412. The SMILES string of the molecule is CCCC(NC1CCN(C)C1C)c1ccc(Oc2ccccc2)cc1. The normalized spacial score (nSPS) is 22.0. The van der Waals surface area contributed by atoms with Crippen LogP contribution in [0.15, 0.2) is 54.6 Å². The van der Waals surface area contributed by atoms with Gasteiger partial charge in [0.05, 0.1) is 0 Å². The maximum Gasteiger partial charge on any atom is 0.127 e. The molecule has 1 heterocycles. The zero-order valence-electron chi connectivity index (χ0n) is 15.6. The van der Waals surface area contributed by atoms with Crippen LogP contribution in [0.2, 0.25) is 0 Å². The molecular weight excluding hydrogens is 308 g/mol. The van der Waals surface area contributed by atoms with E-state index in [2.05, 4.69) is 55.4 Å². The van der Waals surface area contributed by atoms with Crippen molar-refractivity contribution in [3.63, 3.8) is 0 Å². The number of hydrogen-bond donors (Lipinski definition) is 1. The Morgan fingerprint density at radius 2 is 1.76 bits per heavy atom. The Balaban J connectivity index is 1.67. The van der Waals surface area contributed by atoms with Crippen molar-refractivity contribution in [2.75, 3.05) is 13.6 Å². The van der Waals surface area contributed by atoms with Gasteiger partial charge in [-0.2, -0.15) is 0 Å². The summed E-state index contributed by atoms with van der Waals surface area (Å²) in [6.07, 6.45) is 3.57. The van der Waals surface area contributed by atoms with E-state index in [-0.39, 0.29) is 0 Å². The molecule has 25 heavy (non-hydrogen) atoms. The van der Waals surface area contributed by atoms with Crippen LogP contribution in [0.1, 0.15) is 44.7 Å². The van der Waals surface area contributed by atoms with Crippen LogP contribution in [-0.2, 0) is 0 Å². The molecule has 3 nitrogen and oxygen atoms in total. The average molecular weight is 338 g/mol. The Morgan fingerprint density at radius 3 is 2.36 bits per heavy atom. The van der Waals surface area contributed by atoms with Crippen molar-refractivity contribution in [3.8, 4) is 11.5 Å². The molecule has 1 N–H and O–H groups in total. The summed E-state index contributed by atoms with van der Waals surface area (Å²) in [5.74, 6) is 1.76. The molecule has 3 unspecified atom stereocenters. The third-order valence-electron chi connectivity index (χ3n) is 5.32. The van der Waals surface area contributed by atoms with E-state index in [0.29, 0.717) is 18.1 Å². The predicted octanol–water partition coefficient (Wildman–Crippen LogP) is 5.00. The number of hydrogen-bond acceptors (Lipinski definition) is 3. The van der Waals surface area contributed by atoms with E-state index in [1.54, 1.807) is 0 Å². The van der Waals surface area contributed by atoms with Crippen molar-refractivity contribution >= 4 is 0 Å². The van der Waals surface area contributed by atoms with Crippen LogP contribution in [0, 0.1) is 0 Å². The first-order valence-electron chi connectivity index (χ1n) is 9.46. The third-order valence-corrected chi connectivity index (χ3v) is 5.32. The molecule has 3 atom stereocenters.